The largest absolute Gasteiger partial charge is 0.480 e. The molecule has 0 aliphatic heterocycles. The number of carboxylic acids is 1. The van der Waals surface area contributed by atoms with Gasteiger partial charge in [-0.3, -0.25) is 19.2 Å². The molecule has 0 saturated carbocycles. The summed E-state index contributed by atoms with van der Waals surface area (Å²) >= 11 is 0. The number of hydrogen-bond acceptors (Lipinski definition) is 7. The molecule has 0 fully saturated rings. The third-order valence-electron chi connectivity index (χ3n) is 6.42. The van der Waals surface area contributed by atoms with Gasteiger partial charge in [-0.25, -0.2) is 9.78 Å². The lowest BCUT2D eigenvalue weighted by atomic mass is 10.0. The fourth-order valence-electron chi connectivity index (χ4n) is 4.38. The second-order valence-corrected chi connectivity index (χ2v) is 10.3. The highest BCUT2D eigenvalue weighted by Gasteiger charge is 2.32. The van der Waals surface area contributed by atoms with Gasteiger partial charge >= 0.3 is 5.97 Å². The molecule has 0 bridgehead atoms. The Bertz CT molecular complexity index is 1370. The normalized spacial score (nSPS) is 14.1. The minimum absolute atomic E-state index is 0.0343. The number of carbonyl (C=O) groups excluding carboxylic acids is 4. The van der Waals surface area contributed by atoms with Crippen LogP contribution >= 0.6 is 0 Å². The molecule has 4 amide bonds. The van der Waals surface area contributed by atoms with Crippen LogP contribution in [0, 0.1) is 5.92 Å². The highest BCUT2D eigenvalue weighted by atomic mass is 16.4. The number of imidazole rings is 1. The van der Waals surface area contributed by atoms with Gasteiger partial charge in [0.15, 0.2) is 0 Å². The molecule has 0 spiro atoms. The Balaban J connectivity index is 1.75. The lowest BCUT2D eigenvalue weighted by Gasteiger charge is -2.25. The molecule has 10 N–H and O–H groups in total. The number of fused-ring (bicyclic) bond motifs is 1. The van der Waals surface area contributed by atoms with Gasteiger partial charge in [0, 0.05) is 35.4 Å². The summed E-state index contributed by atoms with van der Waals surface area (Å²) in [6.07, 6.45) is 4.33. The van der Waals surface area contributed by atoms with E-state index in [1.165, 1.54) is 12.5 Å². The molecule has 4 unspecified atom stereocenters. The van der Waals surface area contributed by atoms with Crippen LogP contribution in [0.15, 0.2) is 43.0 Å². The van der Waals surface area contributed by atoms with Crippen LogP contribution in [0.4, 0.5) is 0 Å². The number of para-hydroxylation sites is 1. The van der Waals surface area contributed by atoms with Crippen molar-refractivity contribution < 1.29 is 29.1 Å². The van der Waals surface area contributed by atoms with Crippen LogP contribution < -0.4 is 27.4 Å². The van der Waals surface area contributed by atoms with E-state index in [0.717, 1.165) is 16.5 Å². The summed E-state index contributed by atoms with van der Waals surface area (Å²) in [5.74, 6) is -4.52. The number of nitrogens with one attached hydrogen (secondary N) is 5. The summed E-state index contributed by atoms with van der Waals surface area (Å²) in [6, 6.07) is 2.61. The molecule has 4 atom stereocenters. The van der Waals surface area contributed by atoms with Crippen molar-refractivity contribution in [2.24, 2.45) is 17.4 Å². The SMILES string of the molecule is CC(C)CC(NC(=O)C(CC(N)=O)NC(=O)C(Cc1cnc[nH]1)NC(=O)C(N)Cc1c[nH]c2ccccc12)C(=O)O. The number of nitrogens with zero attached hydrogens (tertiary/aromatic N) is 1. The molecular formula is C27H36N8O6. The molecule has 0 aliphatic carbocycles. The zero-order chi connectivity index (χ0) is 30.1. The summed E-state index contributed by atoms with van der Waals surface area (Å²) in [7, 11) is 0. The zero-order valence-electron chi connectivity index (χ0n) is 22.8. The predicted molar refractivity (Wildman–Crippen MR) is 149 cm³/mol. The summed E-state index contributed by atoms with van der Waals surface area (Å²) in [6.45, 7) is 3.58. The molecule has 3 rings (SSSR count). The average Bonchev–Trinajstić information content (AvgIpc) is 3.57. The van der Waals surface area contributed by atoms with E-state index in [4.69, 9.17) is 11.5 Å². The number of aromatic nitrogens is 3. The second kappa shape index (κ2) is 14.1. The Labute approximate surface area is 236 Å². The van der Waals surface area contributed by atoms with Gasteiger partial charge in [0.2, 0.25) is 23.6 Å². The van der Waals surface area contributed by atoms with Gasteiger partial charge in [-0.2, -0.15) is 0 Å². The third kappa shape index (κ3) is 8.89. The Hall–Kier alpha value is -4.72. The van der Waals surface area contributed by atoms with Crippen LogP contribution in [0.5, 0.6) is 0 Å². The molecule has 14 heteroatoms. The van der Waals surface area contributed by atoms with Gasteiger partial charge in [0.05, 0.1) is 18.8 Å². The third-order valence-corrected chi connectivity index (χ3v) is 6.42. The molecule has 2 heterocycles. The van der Waals surface area contributed by atoms with Crippen LogP contribution in [-0.2, 0) is 36.8 Å². The van der Waals surface area contributed by atoms with E-state index in [1.54, 1.807) is 20.0 Å². The average molecular weight is 569 g/mol. The molecule has 1 aromatic carbocycles. The molecule has 2 aromatic heterocycles. The number of hydrogen-bond donors (Lipinski definition) is 8. The predicted octanol–water partition coefficient (Wildman–Crippen LogP) is -0.536. The number of aliphatic carboxylic acids is 1. The number of rotatable bonds is 15. The van der Waals surface area contributed by atoms with Crippen molar-refractivity contribution in [1.82, 2.24) is 30.9 Å². The Morgan fingerprint density at radius 3 is 2.22 bits per heavy atom. The minimum atomic E-state index is -1.48. The van der Waals surface area contributed by atoms with Crippen molar-refractivity contribution in [1.29, 1.82) is 0 Å². The van der Waals surface area contributed by atoms with E-state index in [1.807, 2.05) is 24.3 Å². The van der Waals surface area contributed by atoms with Gasteiger partial charge in [-0.1, -0.05) is 32.0 Å². The number of amides is 4. The van der Waals surface area contributed by atoms with Crippen LogP contribution in [0.25, 0.3) is 10.9 Å². The van der Waals surface area contributed by atoms with Crippen LogP contribution in [0.2, 0.25) is 0 Å². The Kier molecular flexibility index (Phi) is 10.6. The van der Waals surface area contributed by atoms with Crippen molar-refractivity contribution in [2.75, 3.05) is 0 Å². The maximum Gasteiger partial charge on any atom is 0.326 e. The number of primary amides is 1. The number of nitrogens with two attached hydrogens (primary N) is 2. The summed E-state index contributed by atoms with van der Waals surface area (Å²) < 4.78 is 0. The molecule has 3 aromatic rings. The van der Waals surface area contributed by atoms with Crippen LogP contribution in [0.1, 0.15) is 37.9 Å². The lowest BCUT2D eigenvalue weighted by molar-refractivity contribution is -0.143. The first kappa shape index (κ1) is 30.8. The molecule has 41 heavy (non-hydrogen) atoms. The number of carbonyl (C=O) groups is 5. The first-order valence-electron chi connectivity index (χ1n) is 13.1. The molecule has 0 saturated heterocycles. The van der Waals surface area contributed by atoms with E-state index in [9.17, 15) is 29.1 Å². The number of H-pyrrole nitrogens is 2. The topological polar surface area (TPSA) is 238 Å². The summed E-state index contributed by atoms with van der Waals surface area (Å²) in [5.41, 5.74) is 13.7. The first-order valence-corrected chi connectivity index (χ1v) is 13.1. The Morgan fingerprint density at radius 1 is 0.927 bits per heavy atom. The highest BCUT2D eigenvalue weighted by molar-refractivity contribution is 5.96. The van der Waals surface area contributed by atoms with E-state index < -0.39 is 60.2 Å². The standard InChI is InChI=1S/C27H36N8O6/c1-14(2)7-22(27(40)41)35-26(39)21(10-23(29)36)34-25(38)20(9-16-12-30-13-32-16)33-24(37)18(28)8-15-11-31-19-6-4-3-5-17(15)19/h3-6,11-14,18,20-22,31H,7-10,28H2,1-2H3,(H2,29,36)(H,30,32)(H,33,37)(H,34,38)(H,35,39)(H,40,41). The van der Waals surface area contributed by atoms with Crippen molar-refractivity contribution in [3.05, 3.63) is 54.2 Å². The van der Waals surface area contributed by atoms with Crippen molar-refractivity contribution in [3.8, 4) is 0 Å². The Morgan fingerprint density at radius 2 is 1.59 bits per heavy atom. The monoisotopic (exact) mass is 568 g/mol. The van der Waals surface area contributed by atoms with Gasteiger partial charge in [-0.15, -0.1) is 0 Å². The van der Waals surface area contributed by atoms with Crippen molar-refractivity contribution >= 4 is 40.5 Å². The van der Waals surface area contributed by atoms with Gasteiger partial charge in [0.25, 0.3) is 0 Å². The maximum atomic E-state index is 13.4. The number of benzene rings is 1. The summed E-state index contributed by atoms with van der Waals surface area (Å²) in [5, 5.41) is 17.8. The van der Waals surface area contributed by atoms with Gasteiger partial charge < -0.3 is 42.5 Å². The molecular weight excluding hydrogens is 532 g/mol. The summed E-state index contributed by atoms with van der Waals surface area (Å²) in [4.78, 5) is 72.6. The van der Waals surface area contributed by atoms with Crippen LogP contribution in [-0.4, -0.2) is 73.8 Å². The smallest absolute Gasteiger partial charge is 0.326 e. The molecule has 0 radical (unpaired) electrons. The number of carboxylic acid groups (broad SMARTS) is 1. The minimum Gasteiger partial charge on any atom is -0.480 e. The molecule has 220 valence electrons. The maximum absolute atomic E-state index is 13.4. The quantitative estimate of drug-likeness (QED) is 0.118. The molecule has 14 nitrogen and oxygen atoms in total. The van der Waals surface area contributed by atoms with Gasteiger partial charge in [-0.05, 0) is 30.4 Å². The second-order valence-electron chi connectivity index (χ2n) is 10.3. The van der Waals surface area contributed by atoms with E-state index in [0.29, 0.717) is 5.69 Å². The van der Waals surface area contributed by atoms with Crippen LogP contribution in [0.3, 0.4) is 0 Å². The van der Waals surface area contributed by atoms with E-state index in [-0.39, 0.29) is 25.2 Å². The van der Waals surface area contributed by atoms with E-state index in [2.05, 4.69) is 30.9 Å². The fourth-order valence-corrected chi connectivity index (χ4v) is 4.38. The van der Waals surface area contributed by atoms with Gasteiger partial charge in [0.1, 0.15) is 18.1 Å². The van der Waals surface area contributed by atoms with E-state index >= 15 is 0 Å². The fraction of sp³-hybridized carbons (Fsp3) is 0.407. The zero-order valence-corrected chi connectivity index (χ0v) is 22.8. The number of aromatic amines is 2. The van der Waals surface area contributed by atoms with Crippen molar-refractivity contribution in [2.45, 2.75) is 63.7 Å². The first-order chi connectivity index (χ1) is 19.4. The van der Waals surface area contributed by atoms with Crippen molar-refractivity contribution in [3.63, 3.8) is 0 Å². The molecule has 0 aliphatic rings. The lowest BCUT2D eigenvalue weighted by Crippen LogP contribution is -2.58. The highest BCUT2D eigenvalue weighted by Crippen LogP contribution is 2.19.